The first-order valence-corrected chi connectivity index (χ1v) is 7.81. The van der Waals surface area contributed by atoms with Gasteiger partial charge in [0, 0.05) is 4.47 Å². The van der Waals surface area contributed by atoms with Crippen LogP contribution < -0.4 is 4.74 Å². The summed E-state index contributed by atoms with van der Waals surface area (Å²) >= 11 is 3.57. The molecule has 0 amide bonds. The van der Waals surface area contributed by atoms with E-state index in [9.17, 15) is 0 Å². The van der Waals surface area contributed by atoms with Gasteiger partial charge in [-0.3, -0.25) is 0 Å². The van der Waals surface area contributed by atoms with Gasteiger partial charge in [-0.2, -0.15) is 0 Å². The van der Waals surface area contributed by atoms with E-state index in [-0.39, 0.29) is 0 Å². The molecule has 1 aromatic carbocycles. The van der Waals surface area contributed by atoms with Gasteiger partial charge in [-0.25, -0.2) is 0 Å². The van der Waals surface area contributed by atoms with Crippen molar-refractivity contribution in [2.45, 2.75) is 45.8 Å². The van der Waals surface area contributed by atoms with Crippen LogP contribution in [0.1, 0.15) is 38.7 Å². The van der Waals surface area contributed by atoms with Gasteiger partial charge >= 0.3 is 0 Å². The van der Waals surface area contributed by atoms with E-state index in [2.05, 4.69) is 29.8 Å². The first-order valence-electron chi connectivity index (χ1n) is 7.02. The largest absolute Gasteiger partial charge is 0.497 e. The van der Waals surface area contributed by atoms with Crippen molar-refractivity contribution < 1.29 is 9.47 Å². The number of methoxy groups -OCH3 is 1. The molecule has 0 bridgehead atoms. The van der Waals surface area contributed by atoms with Crippen LogP contribution in [0.4, 0.5) is 0 Å². The van der Waals surface area contributed by atoms with Crippen molar-refractivity contribution in [1.82, 2.24) is 0 Å². The molecule has 1 aliphatic rings. The zero-order valence-corrected chi connectivity index (χ0v) is 13.6. The fourth-order valence-electron chi connectivity index (χ4n) is 3.01. The summed E-state index contributed by atoms with van der Waals surface area (Å²) in [7, 11) is 1.69. The van der Waals surface area contributed by atoms with Crippen LogP contribution in [0.3, 0.4) is 0 Å². The van der Waals surface area contributed by atoms with Crippen LogP contribution in [-0.2, 0) is 11.3 Å². The summed E-state index contributed by atoms with van der Waals surface area (Å²) in [4.78, 5) is 0. The Morgan fingerprint density at radius 1 is 1.16 bits per heavy atom. The van der Waals surface area contributed by atoms with Crippen molar-refractivity contribution in [3.63, 3.8) is 0 Å². The monoisotopic (exact) mass is 326 g/mol. The molecule has 1 aliphatic carbocycles. The van der Waals surface area contributed by atoms with Crippen LogP contribution in [0.25, 0.3) is 0 Å². The zero-order chi connectivity index (χ0) is 13.8. The maximum absolute atomic E-state index is 6.10. The highest BCUT2D eigenvalue weighted by molar-refractivity contribution is 9.10. The molecule has 0 radical (unpaired) electrons. The number of ether oxygens (including phenoxy) is 2. The molecule has 2 nitrogen and oxygen atoms in total. The fourth-order valence-corrected chi connectivity index (χ4v) is 3.37. The lowest BCUT2D eigenvalue weighted by atomic mass is 9.82. The highest BCUT2D eigenvalue weighted by Crippen LogP contribution is 2.31. The van der Waals surface area contributed by atoms with Gasteiger partial charge in [-0.1, -0.05) is 29.8 Å². The van der Waals surface area contributed by atoms with Crippen LogP contribution in [0.15, 0.2) is 22.7 Å². The standard InChI is InChI=1S/C16H23BrO2/c1-11-6-12(2)8-15(7-11)19-10-13-9-14(18-3)4-5-16(13)17/h4-5,9,11-12,15H,6-8,10H2,1-3H3. The van der Waals surface area contributed by atoms with Crippen molar-refractivity contribution in [1.29, 1.82) is 0 Å². The molecule has 2 unspecified atom stereocenters. The lowest BCUT2D eigenvalue weighted by molar-refractivity contribution is -0.00942. The smallest absolute Gasteiger partial charge is 0.119 e. The van der Waals surface area contributed by atoms with Gasteiger partial charge in [-0.05, 0) is 54.9 Å². The summed E-state index contributed by atoms with van der Waals surface area (Å²) in [6.45, 7) is 5.31. The van der Waals surface area contributed by atoms with E-state index < -0.39 is 0 Å². The summed E-state index contributed by atoms with van der Waals surface area (Å²) in [6.07, 6.45) is 4.11. The Bertz CT molecular complexity index is 409. The Morgan fingerprint density at radius 3 is 2.47 bits per heavy atom. The Kier molecular flexibility index (Phi) is 5.28. The first-order chi connectivity index (χ1) is 9.08. The van der Waals surface area contributed by atoms with E-state index in [1.807, 2.05) is 18.2 Å². The maximum Gasteiger partial charge on any atom is 0.119 e. The highest BCUT2D eigenvalue weighted by atomic mass is 79.9. The Labute approximate surface area is 124 Å². The molecule has 0 aromatic heterocycles. The van der Waals surface area contributed by atoms with Crippen molar-refractivity contribution in [2.24, 2.45) is 11.8 Å². The average molecular weight is 327 g/mol. The Morgan fingerprint density at radius 2 is 1.84 bits per heavy atom. The van der Waals surface area contributed by atoms with Crippen LogP contribution in [0.5, 0.6) is 5.75 Å². The first kappa shape index (κ1) is 14.9. The molecule has 0 saturated heterocycles. The molecule has 3 heteroatoms. The highest BCUT2D eigenvalue weighted by Gasteiger charge is 2.24. The van der Waals surface area contributed by atoms with Crippen LogP contribution >= 0.6 is 15.9 Å². The summed E-state index contributed by atoms with van der Waals surface area (Å²) < 4.78 is 12.5. The van der Waals surface area contributed by atoms with Crippen LogP contribution in [0.2, 0.25) is 0 Å². The summed E-state index contributed by atoms with van der Waals surface area (Å²) in [6, 6.07) is 6.02. The molecular formula is C16H23BrO2. The van der Waals surface area contributed by atoms with Crippen LogP contribution in [0, 0.1) is 11.8 Å². The van der Waals surface area contributed by atoms with Crippen molar-refractivity contribution in [2.75, 3.05) is 7.11 Å². The molecule has 0 aliphatic heterocycles. The predicted octanol–water partition coefficient (Wildman–Crippen LogP) is 4.80. The van der Waals surface area contributed by atoms with Gasteiger partial charge in [0.2, 0.25) is 0 Å². The van der Waals surface area contributed by atoms with E-state index in [0.29, 0.717) is 12.7 Å². The van der Waals surface area contributed by atoms with Gasteiger partial charge in [0.25, 0.3) is 0 Å². The summed E-state index contributed by atoms with van der Waals surface area (Å²) in [5.74, 6) is 2.44. The summed E-state index contributed by atoms with van der Waals surface area (Å²) in [5.41, 5.74) is 1.16. The van der Waals surface area contributed by atoms with E-state index in [1.165, 1.54) is 19.3 Å². The molecule has 0 spiro atoms. The number of rotatable bonds is 4. The molecular weight excluding hydrogens is 304 g/mol. The van der Waals surface area contributed by atoms with Gasteiger partial charge in [0.15, 0.2) is 0 Å². The van der Waals surface area contributed by atoms with Gasteiger partial charge < -0.3 is 9.47 Å². The molecule has 1 saturated carbocycles. The predicted molar refractivity (Wildman–Crippen MR) is 81.5 cm³/mol. The number of hydrogen-bond acceptors (Lipinski definition) is 2. The minimum atomic E-state index is 0.400. The zero-order valence-electron chi connectivity index (χ0n) is 12.0. The molecule has 106 valence electrons. The number of halogens is 1. The molecule has 1 aromatic rings. The van der Waals surface area contributed by atoms with E-state index in [1.54, 1.807) is 7.11 Å². The molecule has 2 atom stereocenters. The quantitative estimate of drug-likeness (QED) is 0.791. The molecule has 0 heterocycles. The van der Waals surface area contributed by atoms with E-state index in [4.69, 9.17) is 9.47 Å². The third kappa shape index (κ3) is 4.22. The van der Waals surface area contributed by atoms with Gasteiger partial charge in [0.05, 0.1) is 19.8 Å². The Hall–Kier alpha value is -0.540. The van der Waals surface area contributed by atoms with E-state index >= 15 is 0 Å². The third-order valence-electron chi connectivity index (χ3n) is 3.86. The lowest BCUT2D eigenvalue weighted by Gasteiger charge is -2.31. The van der Waals surface area contributed by atoms with Crippen molar-refractivity contribution in [3.05, 3.63) is 28.2 Å². The topological polar surface area (TPSA) is 18.5 Å². The van der Waals surface area contributed by atoms with Crippen LogP contribution in [-0.4, -0.2) is 13.2 Å². The van der Waals surface area contributed by atoms with Crippen molar-refractivity contribution in [3.8, 4) is 5.75 Å². The minimum absolute atomic E-state index is 0.400. The minimum Gasteiger partial charge on any atom is -0.497 e. The normalized spacial score (nSPS) is 27.3. The van der Waals surface area contributed by atoms with E-state index in [0.717, 1.165) is 27.6 Å². The van der Waals surface area contributed by atoms with Crippen molar-refractivity contribution >= 4 is 15.9 Å². The molecule has 19 heavy (non-hydrogen) atoms. The second-order valence-electron chi connectivity index (χ2n) is 5.81. The number of benzene rings is 1. The van der Waals surface area contributed by atoms with Gasteiger partial charge in [0.1, 0.15) is 5.75 Å². The number of hydrogen-bond donors (Lipinski definition) is 0. The van der Waals surface area contributed by atoms with Gasteiger partial charge in [-0.15, -0.1) is 0 Å². The lowest BCUT2D eigenvalue weighted by Crippen LogP contribution is -2.26. The molecule has 0 N–H and O–H groups in total. The fraction of sp³-hybridized carbons (Fsp3) is 0.625. The Balaban J connectivity index is 1.94. The second-order valence-corrected chi connectivity index (χ2v) is 6.66. The second kappa shape index (κ2) is 6.76. The maximum atomic E-state index is 6.10. The molecule has 1 fully saturated rings. The summed E-state index contributed by atoms with van der Waals surface area (Å²) in [5, 5.41) is 0. The average Bonchev–Trinajstić information content (AvgIpc) is 2.37. The third-order valence-corrected chi connectivity index (χ3v) is 4.64. The SMILES string of the molecule is COc1ccc(Br)c(COC2CC(C)CC(C)C2)c1. The molecule has 2 rings (SSSR count).